The fourth-order valence-corrected chi connectivity index (χ4v) is 1.94. The summed E-state index contributed by atoms with van der Waals surface area (Å²) in [5.41, 5.74) is 1.61. The topological polar surface area (TPSA) is 42.0 Å². The summed E-state index contributed by atoms with van der Waals surface area (Å²) in [7, 11) is 0. The number of hydrogen-bond acceptors (Lipinski definition) is 3. The van der Waals surface area contributed by atoms with Crippen LogP contribution >= 0.6 is 12.6 Å². The number of hydrogen-bond donors (Lipinski definition) is 2. The minimum atomic E-state index is -0.120. The zero-order valence-corrected chi connectivity index (χ0v) is 10.9. The van der Waals surface area contributed by atoms with Gasteiger partial charge >= 0.3 is 0 Å². The Hall–Kier alpha value is -1.81. The Labute approximate surface area is 112 Å². The van der Waals surface area contributed by atoms with Crippen LogP contribution in [-0.2, 0) is 0 Å². The Morgan fingerprint density at radius 1 is 1.22 bits per heavy atom. The average molecular weight is 258 g/mol. The highest BCUT2D eigenvalue weighted by molar-refractivity contribution is 7.80. The molecule has 92 valence electrons. The Balaban J connectivity index is 2.11. The van der Waals surface area contributed by atoms with Gasteiger partial charge in [-0.05, 0) is 36.8 Å². The molecule has 0 saturated carbocycles. The first-order valence-corrected chi connectivity index (χ1v) is 6.12. The molecule has 0 fully saturated rings. The molecule has 2 aromatic rings. The maximum absolute atomic E-state index is 12.1. The van der Waals surface area contributed by atoms with E-state index in [2.05, 4.69) is 22.9 Å². The van der Waals surface area contributed by atoms with E-state index in [-0.39, 0.29) is 11.9 Å². The number of thiol groups is 1. The largest absolute Gasteiger partial charge is 0.345 e. The Morgan fingerprint density at radius 3 is 2.56 bits per heavy atom. The molecule has 1 atom stereocenters. The van der Waals surface area contributed by atoms with Crippen molar-refractivity contribution in [3.05, 3.63) is 59.9 Å². The van der Waals surface area contributed by atoms with Gasteiger partial charge in [-0.3, -0.25) is 9.78 Å². The van der Waals surface area contributed by atoms with Crippen LogP contribution in [0.1, 0.15) is 28.9 Å². The highest BCUT2D eigenvalue weighted by atomic mass is 32.1. The number of carbonyl (C=O) groups excluding carboxylic acids is 1. The van der Waals surface area contributed by atoms with E-state index >= 15 is 0 Å². The third-order valence-electron chi connectivity index (χ3n) is 2.70. The molecule has 1 heterocycles. The van der Waals surface area contributed by atoms with E-state index in [9.17, 15) is 4.79 Å². The first kappa shape index (κ1) is 12.6. The van der Waals surface area contributed by atoms with Crippen LogP contribution in [-0.4, -0.2) is 10.9 Å². The van der Waals surface area contributed by atoms with Gasteiger partial charge in [-0.25, -0.2) is 0 Å². The quantitative estimate of drug-likeness (QED) is 0.831. The lowest BCUT2D eigenvalue weighted by Crippen LogP contribution is -2.26. The molecule has 1 aromatic heterocycles. The lowest BCUT2D eigenvalue weighted by atomic mass is 10.1. The Morgan fingerprint density at radius 2 is 1.89 bits per heavy atom. The molecule has 4 heteroatoms. The summed E-state index contributed by atoms with van der Waals surface area (Å²) in [6.45, 7) is 1.94. The van der Waals surface area contributed by atoms with Crippen LogP contribution in [0.2, 0.25) is 0 Å². The molecule has 0 spiro atoms. The summed E-state index contributed by atoms with van der Waals surface area (Å²) in [6, 6.07) is 11.0. The molecule has 0 aliphatic carbocycles. The van der Waals surface area contributed by atoms with Gasteiger partial charge in [0.15, 0.2) is 0 Å². The van der Waals surface area contributed by atoms with E-state index in [0.717, 1.165) is 5.56 Å². The Kier molecular flexibility index (Phi) is 3.99. The van der Waals surface area contributed by atoms with E-state index in [1.165, 1.54) is 0 Å². The van der Waals surface area contributed by atoms with Crippen molar-refractivity contribution in [2.45, 2.75) is 17.9 Å². The fraction of sp³-hybridized carbons (Fsp3) is 0.143. The van der Waals surface area contributed by atoms with Crippen molar-refractivity contribution < 1.29 is 4.79 Å². The van der Waals surface area contributed by atoms with Crippen molar-refractivity contribution in [2.75, 3.05) is 0 Å². The zero-order valence-electron chi connectivity index (χ0n) is 10.00. The van der Waals surface area contributed by atoms with Gasteiger partial charge in [0.1, 0.15) is 0 Å². The van der Waals surface area contributed by atoms with Gasteiger partial charge in [0, 0.05) is 17.3 Å². The smallest absolute Gasteiger partial charge is 0.252 e. The molecule has 18 heavy (non-hydrogen) atoms. The van der Waals surface area contributed by atoms with Crippen LogP contribution in [0.15, 0.2) is 53.7 Å². The summed E-state index contributed by atoms with van der Waals surface area (Å²) in [5.74, 6) is -0.120. The SMILES string of the molecule is CC(NC(=O)c1ccccc1S)c1ccncc1. The van der Waals surface area contributed by atoms with E-state index in [0.29, 0.717) is 10.5 Å². The fourth-order valence-electron chi connectivity index (χ4n) is 1.68. The molecular weight excluding hydrogens is 244 g/mol. The van der Waals surface area contributed by atoms with Crippen LogP contribution in [0.5, 0.6) is 0 Å². The molecule has 0 radical (unpaired) electrons. The van der Waals surface area contributed by atoms with Crippen LogP contribution in [0, 0.1) is 0 Å². The molecule has 0 bridgehead atoms. The van der Waals surface area contributed by atoms with Crippen LogP contribution < -0.4 is 5.32 Å². The zero-order chi connectivity index (χ0) is 13.0. The van der Waals surface area contributed by atoms with Gasteiger partial charge in [-0.1, -0.05) is 12.1 Å². The summed E-state index contributed by atoms with van der Waals surface area (Å²) >= 11 is 4.28. The second kappa shape index (κ2) is 5.69. The van der Waals surface area contributed by atoms with E-state index in [1.54, 1.807) is 24.5 Å². The number of aromatic nitrogens is 1. The number of rotatable bonds is 3. The van der Waals surface area contributed by atoms with Crippen LogP contribution in [0.4, 0.5) is 0 Å². The third-order valence-corrected chi connectivity index (χ3v) is 3.09. The standard InChI is InChI=1S/C14H14N2OS/c1-10(11-6-8-15-9-7-11)16-14(17)12-4-2-3-5-13(12)18/h2-10,18H,1H3,(H,16,17). The molecule has 3 nitrogen and oxygen atoms in total. The van der Waals surface area contributed by atoms with Crippen molar-refractivity contribution in [2.24, 2.45) is 0 Å². The van der Waals surface area contributed by atoms with Gasteiger partial charge in [-0.2, -0.15) is 0 Å². The molecule has 0 aliphatic rings. The number of nitrogens with one attached hydrogen (secondary N) is 1. The highest BCUT2D eigenvalue weighted by Gasteiger charge is 2.12. The number of benzene rings is 1. The highest BCUT2D eigenvalue weighted by Crippen LogP contribution is 2.15. The number of carbonyl (C=O) groups is 1. The normalized spacial score (nSPS) is 11.9. The van der Waals surface area contributed by atoms with Gasteiger partial charge < -0.3 is 5.32 Å². The first-order valence-electron chi connectivity index (χ1n) is 5.67. The lowest BCUT2D eigenvalue weighted by Gasteiger charge is -2.14. The summed E-state index contributed by atoms with van der Waals surface area (Å²) in [6.07, 6.45) is 3.43. The second-order valence-electron chi connectivity index (χ2n) is 3.99. The van der Waals surface area contributed by atoms with Crippen molar-refractivity contribution >= 4 is 18.5 Å². The van der Waals surface area contributed by atoms with Gasteiger partial charge in [-0.15, -0.1) is 12.6 Å². The number of pyridine rings is 1. The molecule has 0 aliphatic heterocycles. The van der Waals surface area contributed by atoms with Crippen LogP contribution in [0.3, 0.4) is 0 Å². The second-order valence-corrected chi connectivity index (χ2v) is 4.47. The molecule has 1 amide bonds. The number of amides is 1. The van der Waals surface area contributed by atoms with E-state index in [1.807, 2.05) is 31.2 Å². The molecular formula is C14H14N2OS. The van der Waals surface area contributed by atoms with Gasteiger partial charge in [0.2, 0.25) is 0 Å². The summed E-state index contributed by atoms with van der Waals surface area (Å²) in [4.78, 5) is 16.7. The third kappa shape index (κ3) is 2.90. The number of nitrogens with zero attached hydrogens (tertiary/aromatic N) is 1. The molecule has 0 saturated heterocycles. The van der Waals surface area contributed by atoms with Crippen molar-refractivity contribution in [1.29, 1.82) is 0 Å². The molecule has 1 unspecified atom stereocenters. The maximum Gasteiger partial charge on any atom is 0.252 e. The summed E-state index contributed by atoms with van der Waals surface area (Å²) < 4.78 is 0. The monoisotopic (exact) mass is 258 g/mol. The molecule has 2 rings (SSSR count). The lowest BCUT2D eigenvalue weighted by molar-refractivity contribution is 0.0937. The van der Waals surface area contributed by atoms with Crippen molar-refractivity contribution in [1.82, 2.24) is 10.3 Å². The minimum Gasteiger partial charge on any atom is -0.345 e. The van der Waals surface area contributed by atoms with Crippen LogP contribution in [0.25, 0.3) is 0 Å². The van der Waals surface area contributed by atoms with Gasteiger partial charge in [0.05, 0.1) is 11.6 Å². The average Bonchev–Trinajstić information content (AvgIpc) is 2.40. The predicted octanol–water partition coefficient (Wildman–Crippen LogP) is 2.86. The minimum absolute atomic E-state index is 0.0616. The van der Waals surface area contributed by atoms with Crippen molar-refractivity contribution in [3.63, 3.8) is 0 Å². The van der Waals surface area contributed by atoms with E-state index in [4.69, 9.17) is 0 Å². The predicted molar refractivity (Wildman–Crippen MR) is 73.8 cm³/mol. The summed E-state index contributed by atoms with van der Waals surface area (Å²) in [5, 5.41) is 2.94. The molecule has 1 aromatic carbocycles. The maximum atomic E-state index is 12.1. The van der Waals surface area contributed by atoms with E-state index < -0.39 is 0 Å². The first-order chi connectivity index (χ1) is 8.68. The Bertz CT molecular complexity index is 543. The van der Waals surface area contributed by atoms with Gasteiger partial charge in [0.25, 0.3) is 5.91 Å². The molecule has 1 N–H and O–H groups in total. The van der Waals surface area contributed by atoms with Crippen molar-refractivity contribution in [3.8, 4) is 0 Å².